The second-order valence-corrected chi connectivity index (χ2v) is 26.4. The van der Waals surface area contributed by atoms with Crippen LogP contribution in [0.4, 0.5) is 0 Å². The lowest BCUT2D eigenvalue weighted by atomic mass is 9.78. The van der Waals surface area contributed by atoms with Crippen LogP contribution >= 0.6 is 0 Å². The van der Waals surface area contributed by atoms with Gasteiger partial charge in [-0.25, -0.2) is 0 Å². The van der Waals surface area contributed by atoms with Gasteiger partial charge in [0, 0.05) is 77.2 Å². The molecule has 1 saturated carbocycles. The third-order valence-electron chi connectivity index (χ3n) is 20.3. The van der Waals surface area contributed by atoms with Crippen LogP contribution in [0.15, 0.2) is 91.0 Å². The third kappa shape index (κ3) is 22.9. The van der Waals surface area contributed by atoms with Gasteiger partial charge in [-0.3, -0.25) is 0 Å². The number of rotatable bonds is 42. The molecule has 7 rings (SSSR count). The summed E-state index contributed by atoms with van der Waals surface area (Å²) in [5.41, 5.74) is 3.37. The summed E-state index contributed by atoms with van der Waals surface area (Å²) >= 11 is 0. The first kappa shape index (κ1) is 74.5. The third-order valence-corrected chi connectivity index (χ3v) is 20.3. The van der Waals surface area contributed by atoms with Gasteiger partial charge in [-0.15, -0.1) is 0 Å². The smallest absolute Gasteiger partial charge is 0.160 e. The second-order valence-electron chi connectivity index (χ2n) is 26.4. The van der Waals surface area contributed by atoms with Crippen LogP contribution in [-0.4, -0.2) is 153 Å². The van der Waals surface area contributed by atoms with Gasteiger partial charge in [0.1, 0.15) is 36.6 Å². The summed E-state index contributed by atoms with van der Waals surface area (Å²) in [6, 6.07) is 30.8. The van der Waals surface area contributed by atoms with Crippen molar-refractivity contribution in [3.8, 4) is 0 Å². The molecular formula is C75H120O15. The van der Waals surface area contributed by atoms with E-state index in [4.69, 9.17) is 71.1 Å². The summed E-state index contributed by atoms with van der Waals surface area (Å²) in [5.74, 6) is 3.53. The van der Waals surface area contributed by atoms with E-state index < -0.39 is 36.6 Å². The van der Waals surface area contributed by atoms with Gasteiger partial charge in [0.15, 0.2) is 18.9 Å². The Balaban J connectivity index is 1.16. The molecule has 0 radical (unpaired) electrons. The average Bonchev–Trinajstić information content (AvgIpc) is 0.988. The first-order chi connectivity index (χ1) is 43.8. The summed E-state index contributed by atoms with van der Waals surface area (Å²) in [6.45, 7) is 33.9. The van der Waals surface area contributed by atoms with Crippen molar-refractivity contribution in [1.82, 2.24) is 0 Å². The molecule has 90 heavy (non-hydrogen) atoms. The van der Waals surface area contributed by atoms with Gasteiger partial charge in [-0.1, -0.05) is 174 Å². The van der Waals surface area contributed by atoms with Gasteiger partial charge < -0.3 is 71.1 Å². The Hall–Kier alpha value is -2.94. The molecule has 3 aromatic carbocycles. The van der Waals surface area contributed by atoms with E-state index in [0.717, 1.165) is 36.0 Å². The van der Waals surface area contributed by atoms with E-state index in [1.54, 1.807) is 0 Å². The van der Waals surface area contributed by atoms with Crippen LogP contribution in [0.5, 0.6) is 0 Å². The topological polar surface area (TPSA) is 138 Å². The first-order valence-electron chi connectivity index (χ1n) is 35.2. The lowest BCUT2D eigenvalue weighted by Gasteiger charge is -2.50. The van der Waals surface area contributed by atoms with Gasteiger partial charge >= 0.3 is 0 Å². The van der Waals surface area contributed by atoms with Crippen LogP contribution in [0.1, 0.15) is 158 Å². The van der Waals surface area contributed by atoms with E-state index >= 15 is 0 Å². The molecule has 15 heteroatoms. The van der Waals surface area contributed by atoms with E-state index in [2.05, 4.69) is 119 Å². The summed E-state index contributed by atoms with van der Waals surface area (Å²) < 4.78 is 102. The molecule has 15 nitrogen and oxygen atoms in total. The fraction of sp³-hybridized carbons (Fsp3) is 0.760. The molecule has 0 amide bonds. The molecule has 510 valence electrons. The van der Waals surface area contributed by atoms with Crippen molar-refractivity contribution in [3.63, 3.8) is 0 Å². The van der Waals surface area contributed by atoms with E-state index in [0.29, 0.717) is 173 Å². The zero-order chi connectivity index (χ0) is 64.0. The van der Waals surface area contributed by atoms with Gasteiger partial charge in [0.25, 0.3) is 0 Å². The SMILES string of the molecule is CCC1OC(OCCCOC2C(OCCCOCc3ccccc3)C(OCCCOC3OC(CC)C(C)C(C)C3C)C(OCCCOCc3ccccc3)C(OCCCOC3OC(CC)C(C)C(C)C3C)C2OCCCOCc2ccccc2)C(C)C(C)C1C. The van der Waals surface area contributed by atoms with Crippen LogP contribution in [0.2, 0.25) is 0 Å². The van der Waals surface area contributed by atoms with E-state index in [-0.39, 0.29) is 54.9 Å². The standard InChI is InChI=1S/C75H120O15/c1-13-64-55(7)52(4)58(10)73(88-64)85-46-28-43-82-70-67(79-40-25-37-76-49-61-31-19-16-20-32-61)71(83-44-29-47-86-74-59(11)53(5)56(8)65(14-2)89-74)69(81-42-27-39-78-51-63-35-23-18-24-36-63)72(68(70)80-41-26-38-77-50-62-33-21-17-22-34-62)84-45-30-48-87-75-60(12)54(6)57(9)66(15-3)90-75/h16-24,31-36,52-60,64-75H,13-15,25-30,37-51H2,1-12H3. The highest BCUT2D eigenvalue weighted by molar-refractivity contribution is 5.15. The summed E-state index contributed by atoms with van der Waals surface area (Å²) in [7, 11) is 0. The molecule has 15 unspecified atom stereocenters. The van der Waals surface area contributed by atoms with Crippen molar-refractivity contribution in [2.45, 2.75) is 234 Å². The molecule has 0 spiro atoms. The predicted octanol–water partition coefficient (Wildman–Crippen LogP) is 14.5. The van der Waals surface area contributed by atoms with Crippen molar-refractivity contribution < 1.29 is 71.1 Å². The molecule has 15 atom stereocenters. The van der Waals surface area contributed by atoms with E-state index in [1.165, 1.54) is 0 Å². The van der Waals surface area contributed by atoms with Crippen molar-refractivity contribution in [2.75, 3.05) is 79.3 Å². The minimum absolute atomic E-state index is 0.155. The van der Waals surface area contributed by atoms with Crippen LogP contribution in [0, 0.1) is 53.3 Å². The Morgan fingerprint density at radius 3 is 0.689 bits per heavy atom. The number of ether oxygens (including phenoxy) is 15. The highest BCUT2D eigenvalue weighted by Crippen LogP contribution is 2.40. The summed E-state index contributed by atoms with van der Waals surface area (Å²) in [6.07, 6.45) is 2.33. The number of hydrogen-bond acceptors (Lipinski definition) is 15. The largest absolute Gasteiger partial charge is 0.377 e. The van der Waals surface area contributed by atoms with Crippen molar-refractivity contribution in [1.29, 1.82) is 0 Å². The molecule has 4 aliphatic rings. The zero-order valence-corrected chi connectivity index (χ0v) is 57.4. The molecule has 3 aliphatic heterocycles. The summed E-state index contributed by atoms with van der Waals surface area (Å²) in [4.78, 5) is 0. The van der Waals surface area contributed by atoms with Gasteiger partial charge in [-0.05, 0) is 110 Å². The predicted molar refractivity (Wildman–Crippen MR) is 352 cm³/mol. The molecule has 3 heterocycles. The maximum absolute atomic E-state index is 7.25. The highest BCUT2D eigenvalue weighted by Gasteiger charge is 2.55. The molecule has 1 aliphatic carbocycles. The molecule has 0 aromatic heterocycles. The average molecular weight is 1260 g/mol. The van der Waals surface area contributed by atoms with Gasteiger partial charge in [-0.2, -0.15) is 0 Å². The van der Waals surface area contributed by atoms with Crippen LogP contribution < -0.4 is 0 Å². The van der Waals surface area contributed by atoms with Gasteiger partial charge in [0.2, 0.25) is 0 Å². The Morgan fingerprint density at radius 2 is 0.467 bits per heavy atom. The molecule has 0 bridgehead atoms. The first-order valence-corrected chi connectivity index (χ1v) is 35.2. The van der Waals surface area contributed by atoms with E-state index in [9.17, 15) is 0 Å². The number of hydrogen-bond donors (Lipinski definition) is 0. The zero-order valence-electron chi connectivity index (χ0n) is 57.4. The van der Waals surface area contributed by atoms with Gasteiger partial charge in [0.05, 0.1) is 58.0 Å². The normalized spacial score (nSPS) is 33.1. The Labute approximate surface area is 543 Å². The number of benzene rings is 3. The minimum Gasteiger partial charge on any atom is -0.377 e. The molecule has 3 saturated heterocycles. The van der Waals surface area contributed by atoms with Crippen molar-refractivity contribution in [2.24, 2.45) is 53.3 Å². The lowest BCUT2D eigenvalue weighted by Crippen LogP contribution is -2.68. The molecular weight excluding hydrogens is 1140 g/mol. The fourth-order valence-corrected chi connectivity index (χ4v) is 13.6. The summed E-state index contributed by atoms with van der Waals surface area (Å²) in [5, 5.41) is 0. The monoisotopic (exact) mass is 1260 g/mol. The molecule has 0 N–H and O–H groups in total. The Morgan fingerprint density at radius 1 is 0.256 bits per heavy atom. The molecule has 4 fully saturated rings. The van der Waals surface area contributed by atoms with Crippen LogP contribution in [-0.2, 0) is 90.9 Å². The lowest BCUT2D eigenvalue weighted by molar-refractivity contribution is -0.286. The minimum atomic E-state index is -0.649. The van der Waals surface area contributed by atoms with Crippen molar-refractivity contribution in [3.05, 3.63) is 108 Å². The van der Waals surface area contributed by atoms with E-state index in [1.807, 2.05) is 54.6 Å². The quantitative estimate of drug-likeness (QED) is 0.0497. The maximum Gasteiger partial charge on any atom is 0.160 e. The Kier molecular flexibility index (Phi) is 34.0. The van der Waals surface area contributed by atoms with Crippen molar-refractivity contribution >= 4 is 0 Å². The maximum atomic E-state index is 7.25. The highest BCUT2D eigenvalue weighted by atomic mass is 16.7. The second kappa shape index (κ2) is 41.1. The van der Waals surface area contributed by atoms with Crippen LogP contribution in [0.3, 0.4) is 0 Å². The molecule has 3 aromatic rings. The Bertz CT molecular complexity index is 2020. The fourth-order valence-electron chi connectivity index (χ4n) is 13.6. The van der Waals surface area contributed by atoms with Crippen LogP contribution in [0.25, 0.3) is 0 Å².